The number of hydrogen-bond acceptors (Lipinski definition) is 3. The second-order valence-electron chi connectivity index (χ2n) is 4.88. The van der Waals surface area contributed by atoms with Crippen molar-refractivity contribution in [2.24, 2.45) is 0 Å². The molecule has 1 amide bonds. The van der Waals surface area contributed by atoms with E-state index in [0.29, 0.717) is 11.3 Å². The molecule has 0 saturated heterocycles. The van der Waals surface area contributed by atoms with E-state index >= 15 is 0 Å². The van der Waals surface area contributed by atoms with Crippen LogP contribution in [0.2, 0.25) is 0 Å². The van der Waals surface area contributed by atoms with Crippen molar-refractivity contribution in [3.63, 3.8) is 0 Å². The number of pyridine rings is 1. The molecule has 0 fully saturated rings. The van der Waals surface area contributed by atoms with Crippen LogP contribution in [0.25, 0.3) is 22.2 Å². The smallest absolute Gasteiger partial charge is 0.253 e. The zero-order valence-corrected chi connectivity index (χ0v) is 11.9. The largest absolute Gasteiger partial charge is 0.397 e. The number of aromatic nitrogens is 2. The van der Waals surface area contributed by atoms with E-state index in [9.17, 15) is 4.79 Å². The number of H-pyrrole nitrogens is 1. The molecule has 4 N–H and O–H groups in total. The van der Waals surface area contributed by atoms with Gasteiger partial charge in [-0.05, 0) is 25.1 Å². The number of nitrogen functional groups attached to an aromatic ring is 1. The molecule has 2 heterocycles. The van der Waals surface area contributed by atoms with Crippen LogP contribution in [0, 0.1) is 6.92 Å². The molecule has 0 bridgehead atoms. The van der Waals surface area contributed by atoms with Gasteiger partial charge in [-0.15, -0.1) is 0 Å². The molecule has 3 rings (SSSR count). The van der Waals surface area contributed by atoms with Crippen LogP contribution < -0.4 is 11.1 Å². The molecular formula is C16H16N4O. The summed E-state index contributed by atoms with van der Waals surface area (Å²) >= 11 is 0. The molecule has 0 unspecified atom stereocenters. The topological polar surface area (TPSA) is 83.8 Å². The summed E-state index contributed by atoms with van der Waals surface area (Å²) in [5, 5.41) is 3.61. The molecule has 0 aliphatic rings. The Kier molecular flexibility index (Phi) is 3.10. The number of aryl methyl sites for hydroxylation is 1. The maximum absolute atomic E-state index is 11.9. The molecule has 21 heavy (non-hydrogen) atoms. The number of carbonyl (C=O) groups is 1. The second-order valence-corrected chi connectivity index (χ2v) is 4.88. The van der Waals surface area contributed by atoms with Crippen LogP contribution in [0.15, 0.2) is 36.5 Å². The van der Waals surface area contributed by atoms with E-state index in [0.717, 1.165) is 27.9 Å². The van der Waals surface area contributed by atoms with E-state index in [4.69, 9.17) is 5.73 Å². The average molecular weight is 280 g/mol. The van der Waals surface area contributed by atoms with E-state index < -0.39 is 0 Å². The Bertz CT molecular complexity index is 835. The summed E-state index contributed by atoms with van der Waals surface area (Å²) in [6.45, 7) is 1.88. The van der Waals surface area contributed by atoms with E-state index in [-0.39, 0.29) is 5.91 Å². The summed E-state index contributed by atoms with van der Waals surface area (Å²) in [4.78, 5) is 19.6. The number of nitrogens with one attached hydrogen (secondary N) is 2. The molecule has 3 aromatic rings. The molecule has 5 heteroatoms. The molecule has 0 radical (unpaired) electrons. The van der Waals surface area contributed by atoms with Gasteiger partial charge in [0.2, 0.25) is 0 Å². The van der Waals surface area contributed by atoms with E-state index in [2.05, 4.69) is 15.3 Å². The third-order valence-corrected chi connectivity index (χ3v) is 3.59. The standard InChI is InChI=1S/C16H16N4O/c1-9-13(17)6-7-14(20-9)12-8-19-15-10(12)4-3-5-11(15)16(21)18-2/h3-8,19H,17H2,1-2H3,(H,18,21). The number of nitrogens with zero attached hydrogens (tertiary/aromatic N) is 1. The number of fused-ring (bicyclic) bond motifs is 1. The highest BCUT2D eigenvalue weighted by molar-refractivity contribution is 6.09. The number of amides is 1. The maximum Gasteiger partial charge on any atom is 0.253 e. The molecule has 0 spiro atoms. The van der Waals surface area contributed by atoms with Gasteiger partial charge in [-0.3, -0.25) is 9.78 Å². The average Bonchev–Trinajstić information content (AvgIpc) is 2.93. The monoisotopic (exact) mass is 280 g/mol. The number of aromatic amines is 1. The molecule has 0 aliphatic carbocycles. The Morgan fingerprint density at radius 1 is 1.29 bits per heavy atom. The van der Waals surface area contributed by atoms with Crippen LogP contribution in [0.1, 0.15) is 16.1 Å². The summed E-state index contributed by atoms with van der Waals surface area (Å²) in [5.41, 5.74) is 10.5. The lowest BCUT2D eigenvalue weighted by Gasteiger charge is -2.04. The number of rotatable bonds is 2. The van der Waals surface area contributed by atoms with Crippen LogP contribution >= 0.6 is 0 Å². The minimum Gasteiger partial charge on any atom is -0.397 e. The van der Waals surface area contributed by atoms with Crippen molar-refractivity contribution in [3.05, 3.63) is 47.8 Å². The molecule has 5 nitrogen and oxygen atoms in total. The highest BCUT2D eigenvalue weighted by Gasteiger charge is 2.14. The summed E-state index contributed by atoms with van der Waals surface area (Å²) < 4.78 is 0. The quantitative estimate of drug-likeness (QED) is 0.674. The highest BCUT2D eigenvalue weighted by Crippen LogP contribution is 2.30. The first-order valence-electron chi connectivity index (χ1n) is 6.67. The third-order valence-electron chi connectivity index (χ3n) is 3.59. The van der Waals surface area contributed by atoms with Gasteiger partial charge in [-0.1, -0.05) is 12.1 Å². The fourth-order valence-corrected chi connectivity index (χ4v) is 2.41. The molecule has 0 atom stereocenters. The van der Waals surface area contributed by atoms with Gasteiger partial charge in [-0.25, -0.2) is 0 Å². The first kappa shape index (κ1) is 13.2. The normalized spacial score (nSPS) is 10.8. The Hall–Kier alpha value is -2.82. The van der Waals surface area contributed by atoms with Crippen molar-refractivity contribution >= 4 is 22.5 Å². The van der Waals surface area contributed by atoms with Crippen molar-refractivity contribution in [3.8, 4) is 11.3 Å². The summed E-state index contributed by atoms with van der Waals surface area (Å²) in [6, 6.07) is 9.37. The van der Waals surface area contributed by atoms with Crippen LogP contribution in [0.4, 0.5) is 5.69 Å². The fraction of sp³-hybridized carbons (Fsp3) is 0.125. The molecular weight excluding hydrogens is 264 g/mol. The molecule has 0 saturated carbocycles. The van der Waals surface area contributed by atoms with E-state index in [1.807, 2.05) is 37.4 Å². The SMILES string of the molecule is CNC(=O)c1cccc2c(-c3ccc(N)c(C)n3)c[nH]c12. The fourth-order valence-electron chi connectivity index (χ4n) is 2.41. The maximum atomic E-state index is 11.9. The number of carbonyl (C=O) groups excluding carboxylic acids is 1. The summed E-state index contributed by atoms with van der Waals surface area (Å²) in [6.07, 6.45) is 1.87. The Morgan fingerprint density at radius 3 is 2.81 bits per heavy atom. The molecule has 106 valence electrons. The van der Waals surface area contributed by atoms with Gasteiger partial charge < -0.3 is 16.0 Å². The van der Waals surface area contributed by atoms with Crippen LogP contribution in [-0.4, -0.2) is 22.9 Å². The Morgan fingerprint density at radius 2 is 2.10 bits per heavy atom. The summed E-state index contributed by atoms with van der Waals surface area (Å²) in [7, 11) is 1.62. The van der Waals surface area contributed by atoms with Gasteiger partial charge in [0.15, 0.2) is 0 Å². The van der Waals surface area contributed by atoms with Gasteiger partial charge >= 0.3 is 0 Å². The van der Waals surface area contributed by atoms with Gasteiger partial charge in [0, 0.05) is 24.2 Å². The van der Waals surface area contributed by atoms with Gasteiger partial charge in [0.05, 0.1) is 28.2 Å². The number of nitrogens with two attached hydrogens (primary N) is 1. The van der Waals surface area contributed by atoms with Crippen molar-refractivity contribution in [1.29, 1.82) is 0 Å². The van der Waals surface area contributed by atoms with Crippen molar-refractivity contribution in [2.45, 2.75) is 6.92 Å². The van der Waals surface area contributed by atoms with Crippen molar-refractivity contribution in [1.82, 2.24) is 15.3 Å². The first-order chi connectivity index (χ1) is 10.1. The van der Waals surface area contributed by atoms with Crippen LogP contribution in [0.5, 0.6) is 0 Å². The zero-order chi connectivity index (χ0) is 15.0. The van der Waals surface area contributed by atoms with E-state index in [1.54, 1.807) is 13.1 Å². The third kappa shape index (κ3) is 2.12. The van der Waals surface area contributed by atoms with Gasteiger partial charge in [-0.2, -0.15) is 0 Å². The van der Waals surface area contributed by atoms with Gasteiger partial charge in [0.25, 0.3) is 5.91 Å². The molecule has 0 aliphatic heterocycles. The number of para-hydroxylation sites is 1. The number of anilines is 1. The van der Waals surface area contributed by atoms with Gasteiger partial charge in [0.1, 0.15) is 0 Å². The minimum absolute atomic E-state index is 0.115. The lowest BCUT2D eigenvalue weighted by molar-refractivity contribution is 0.0964. The second kappa shape index (κ2) is 4.94. The lowest BCUT2D eigenvalue weighted by Crippen LogP contribution is -2.18. The van der Waals surface area contributed by atoms with Crippen molar-refractivity contribution < 1.29 is 4.79 Å². The Labute approximate surface area is 122 Å². The predicted molar refractivity (Wildman–Crippen MR) is 84.1 cm³/mol. The van der Waals surface area contributed by atoms with Crippen LogP contribution in [-0.2, 0) is 0 Å². The minimum atomic E-state index is -0.115. The number of benzene rings is 1. The lowest BCUT2D eigenvalue weighted by atomic mass is 10.1. The summed E-state index contributed by atoms with van der Waals surface area (Å²) in [5.74, 6) is -0.115. The first-order valence-corrected chi connectivity index (χ1v) is 6.67. The zero-order valence-electron chi connectivity index (χ0n) is 11.9. The Balaban J connectivity index is 2.21. The number of hydrogen-bond donors (Lipinski definition) is 3. The molecule has 2 aromatic heterocycles. The predicted octanol–water partition coefficient (Wildman–Crippen LogP) is 2.48. The van der Waals surface area contributed by atoms with E-state index in [1.165, 1.54) is 0 Å². The van der Waals surface area contributed by atoms with Crippen molar-refractivity contribution in [2.75, 3.05) is 12.8 Å². The molecule has 1 aromatic carbocycles. The highest BCUT2D eigenvalue weighted by atomic mass is 16.1. The van der Waals surface area contributed by atoms with Crippen LogP contribution in [0.3, 0.4) is 0 Å².